The van der Waals surface area contributed by atoms with Gasteiger partial charge in [0.1, 0.15) is 5.75 Å². The molecule has 0 saturated carbocycles. The number of anilines is 1. The fraction of sp³-hybridized carbons (Fsp3) is 0.231. The SMILES string of the molecule is FC(F)(F)c1ccc2c(c1)NCC(c1cc(Br)cs1)O2. The number of rotatable bonds is 1. The number of halogens is 4. The molecular weight excluding hydrogens is 355 g/mol. The van der Waals surface area contributed by atoms with E-state index < -0.39 is 11.7 Å². The molecule has 2 heterocycles. The highest BCUT2D eigenvalue weighted by atomic mass is 79.9. The number of hydrogen-bond acceptors (Lipinski definition) is 3. The minimum atomic E-state index is -4.34. The minimum absolute atomic E-state index is 0.185. The van der Waals surface area contributed by atoms with Crippen LogP contribution < -0.4 is 10.1 Å². The lowest BCUT2D eigenvalue weighted by Crippen LogP contribution is -2.23. The van der Waals surface area contributed by atoms with Crippen LogP contribution in [-0.2, 0) is 6.18 Å². The third kappa shape index (κ3) is 2.64. The Kier molecular flexibility index (Phi) is 3.41. The zero-order chi connectivity index (χ0) is 14.3. The van der Waals surface area contributed by atoms with Crippen LogP contribution in [0.25, 0.3) is 0 Å². The van der Waals surface area contributed by atoms with Gasteiger partial charge in [0.2, 0.25) is 0 Å². The van der Waals surface area contributed by atoms with Crippen molar-refractivity contribution in [3.05, 3.63) is 44.6 Å². The van der Waals surface area contributed by atoms with Crippen LogP contribution in [0, 0.1) is 0 Å². The van der Waals surface area contributed by atoms with Gasteiger partial charge in [0.15, 0.2) is 6.10 Å². The molecule has 1 atom stereocenters. The van der Waals surface area contributed by atoms with Crippen LogP contribution in [0.5, 0.6) is 5.75 Å². The van der Waals surface area contributed by atoms with E-state index in [0.717, 1.165) is 21.5 Å². The lowest BCUT2D eigenvalue weighted by atomic mass is 10.1. The number of nitrogens with one attached hydrogen (secondary N) is 1. The molecule has 3 rings (SSSR count). The molecule has 7 heteroatoms. The number of fused-ring (bicyclic) bond motifs is 1. The molecule has 106 valence electrons. The maximum Gasteiger partial charge on any atom is 0.416 e. The fourth-order valence-electron chi connectivity index (χ4n) is 2.00. The molecule has 0 radical (unpaired) electrons. The maximum absolute atomic E-state index is 12.6. The zero-order valence-corrected chi connectivity index (χ0v) is 12.4. The van der Waals surface area contributed by atoms with E-state index in [1.807, 2.05) is 11.4 Å². The Labute approximate surface area is 125 Å². The van der Waals surface area contributed by atoms with E-state index in [4.69, 9.17) is 4.74 Å². The Bertz CT molecular complexity index is 641. The van der Waals surface area contributed by atoms with Gasteiger partial charge in [-0.25, -0.2) is 0 Å². The highest BCUT2D eigenvalue weighted by molar-refractivity contribution is 9.10. The summed E-state index contributed by atoms with van der Waals surface area (Å²) in [6, 6.07) is 5.43. The molecule has 1 aromatic carbocycles. The van der Waals surface area contributed by atoms with Gasteiger partial charge in [-0.05, 0) is 40.2 Å². The molecule has 1 N–H and O–H groups in total. The van der Waals surface area contributed by atoms with Gasteiger partial charge in [-0.1, -0.05) is 0 Å². The molecule has 0 fully saturated rings. The monoisotopic (exact) mass is 363 g/mol. The van der Waals surface area contributed by atoms with Gasteiger partial charge in [-0.15, -0.1) is 11.3 Å². The molecule has 0 aliphatic carbocycles. The van der Waals surface area contributed by atoms with Crippen molar-refractivity contribution in [3.8, 4) is 5.75 Å². The lowest BCUT2D eigenvalue weighted by molar-refractivity contribution is -0.137. The lowest BCUT2D eigenvalue weighted by Gasteiger charge is -2.27. The number of hydrogen-bond donors (Lipinski definition) is 1. The fourth-order valence-corrected chi connectivity index (χ4v) is 3.47. The van der Waals surface area contributed by atoms with E-state index in [1.54, 1.807) is 11.3 Å². The highest BCUT2D eigenvalue weighted by Crippen LogP contribution is 2.40. The smallest absolute Gasteiger partial charge is 0.416 e. The Hall–Kier alpha value is -1.21. The quantitative estimate of drug-likeness (QED) is 0.763. The van der Waals surface area contributed by atoms with Crippen LogP contribution in [0.2, 0.25) is 0 Å². The summed E-state index contributed by atoms with van der Waals surface area (Å²) in [6.45, 7) is 0.446. The molecule has 0 bridgehead atoms. The second-order valence-electron chi connectivity index (χ2n) is 4.36. The number of ether oxygens (including phenoxy) is 1. The number of thiophene rings is 1. The molecule has 2 nitrogen and oxygen atoms in total. The van der Waals surface area contributed by atoms with Crippen molar-refractivity contribution < 1.29 is 17.9 Å². The number of alkyl halides is 3. The Morgan fingerprint density at radius 2 is 2.10 bits per heavy atom. The third-order valence-electron chi connectivity index (χ3n) is 2.96. The number of benzene rings is 1. The van der Waals surface area contributed by atoms with Crippen LogP contribution in [-0.4, -0.2) is 6.54 Å². The van der Waals surface area contributed by atoms with Crippen molar-refractivity contribution in [3.63, 3.8) is 0 Å². The van der Waals surface area contributed by atoms with Crippen molar-refractivity contribution in [2.24, 2.45) is 0 Å². The summed E-state index contributed by atoms with van der Waals surface area (Å²) < 4.78 is 44.6. The summed E-state index contributed by atoms with van der Waals surface area (Å²) in [5.41, 5.74) is -0.295. The van der Waals surface area contributed by atoms with Crippen molar-refractivity contribution in [1.82, 2.24) is 0 Å². The predicted octanol–water partition coefficient (Wildman–Crippen LogP) is 5.08. The first kappa shape index (κ1) is 13.8. The average Bonchev–Trinajstić information content (AvgIpc) is 2.83. The molecule has 1 aliphatic heterocycles. The van der Waals surface area contributed by atoms with Crippen molar-refractivity contribution >= 4 is 33.0 Å². The van der Waals surface area contributed by atoms with E-state index in [1.165, 1.54) is 6.07 Å². The van der Waals surface area contributed by atoms with E-state index in [0.29, 0.717) is 18.0 Å². The molecule has 2 aromatic rings. The van der Waals surface area contributed by atoms with Crippen LogP contribution in [0.1, 0.15) is 16.5 Å². The first-order valence-corrected chi connectivity index (χ1v) is 7.46. The van der Waals surface area contributed by atoms with Crippen molar-refractivity contribution in [1.29, 1.82) is 0 Å². The summed E-state index contributed by atoms with van der Waals surface area (Å²) in [4.78, 5) is 1.02. The van der Waals surface area contributed by atoms with Crippen LogP contribution in [0.3, 0.4) is 0 Å². The molecule has 1 aromatic heterocycles. The van der Waals surface area contributed by atoms with Crippen molar-refractivity contribution in [2.75, 3.05) is 11.9 Å². The standard InChI is InChI=1S/C13H9BrF3NOS/c14-8-4-12(20-6-8)11-5-18-9-3-7(13(15,16)17)1-2-10(9)19-11/h1-4,6,11,18H,5H2. The van der Waals surface area contributed by atoms with Crippen molar-refractivity contribution in [2.45, 2.75) is 12.3 Å². The summed E-state index contributed by atoms with van der Waals surface area (Å²) in [5.74, 6) is 0.443. The van der Waals surface area contributed by atoms with Gasteiger partial charge in [0.05, 0.1) is 17.8 Å². The van der Waals surface area contributed by atoms with Gasteiger partial charge in [0.25, 0.3) is 0 Å². The molecule has 20 heavy (non-hydrogen) atoms. The third-order valence-corrected chi connectivity index (χ3v) is 4.74. The minimum Gasteiger partial charge on any atom is -0.481 e. The molecular formula is C13H9BrF3NOS. The van der Waals surface area contributed by atoms with Crippen LogP contribution in [0.15, 0.2) is 34.1 Å². The molecule has 1 aliphatic rings. The Morgan fingerprint density at radius 3 is 2.75 bits per heavy atom. The van der Waals surface area contributed by atoms with Gasteiger partial charge in [0, 0.05) is 14.7 Å². The van der Waals surface area contributed by atoms with Gasteiger partial charge in [-0.2, -0.15) is 13.2 Å². The maximum atomic E-state index is 12.6. The second kappa shape index (κ2) is 4.96. The topological polar surface area (TPSA) is 21.3 Å². The first-order valence-electron chi connectivity index (χ1n) is 5.79. The van der Waals surface area contributed by atoms with E-state index in [2.05, 4.69) is 21.2 Å². The first-order chi connectivity index (χ1) is 9.43. The average molecular weight is 364 g/mol. The van der Waals surface area contributed by atoms with E-state index >= 15 is 0 Å². The summed E-state index contributed by atoms with van der Waals surface area (Å²) >= 11 is 4.92. The summed E-state index contributed by atoms with van der Waals surface area (Å²) in [5, 5.41) is 4.94. The Balaban J connectivity index is 1.86. The largest absolute Gasteiger partial charge is 0.481 e. The molecule has 1 unspecified atom stereocenters. The summed E-state index contributed by atoms with van der Waals surface area (Å²) in [7, 11) is 0. The highest BCUT2D eigenvalue weighted by Gasteiger charge is 2.32. The molecule has 0 spiro atoms. The molecule has 0 amide bonds. The predicted molar refractivity (Wildman–Crippen MR) is 75.3 cm³/mol. The van der Waals surface area contributed by atoms with Gasteiger partial charge < -0.3 is 10.1 Å². The second-order valence-corrected chi connectivity index (χ2v) is 6.22. The molecule has 0 saturated heterocycles. The van der Waals surface area contributed by atoms with Crippen LogP contribution >= 0.6 is 27.3 Å². The van der Waals surface area contributed by atoms with Gasteiger partial charge in [-0.3, -0.25) is 0 Å². The van der Waals surface area contributed by atoms with E-state index in [9.17, 15) is 13.2 Å². The van der Waals surface area contributed by atoms with Crippen LogP contribution in [0.4, 0.5) is 18.9 Å². The zero-order valence-electron chi connectivity index (χ0n) is 10.00. The summed E-state index contributed by atoms with van der Waals surface area (Å²) in [6.07, 6.45) is -4.53. The normalized spacial score (nSPS) is 18.1. The Morgan fingerprint density at radius 1 is 1.30 bits per heavy atom. The van der Waals surface area contributed by atoms with Gasteiger partial charge >= 0.3 is 6.18 Å². The van der Waals surface area contributed by atoms with E-state index in [-0.39, 0.29) is 6.10 Å².